The van der Waals surface area contributed by atoms with Crippen LogP contribution in [-0.2, 0) is 0 Å². The molecule has 0 fully saturated rings. The van der Waals surface area contributed by atoms with Crippen molar-refractivity contribution in [2.75, 3.05) is 0 Å². The van der Waals surface area contributed by atoms with Crippen LogP contribution in [0.15, 0.2) is 194 Å². The van der Waals surface area contributed by atoms with Crippen molar-refractivity contribution in [2.45, 2.75) is 0 Å². The summed E-state index contributed by atoms with van der Waals surface area (Å²) >= 11 is 1.83. The lowest BCUT2D eigenvalue weighted by molar-refractivity contribution is 1.08. The van der Waals surface area contributed by atoms with Gasteiger partial charge >= 0.3 is 0 Å². The highest BCUT2D eigenvalue weighted by molar-refractivity contribution is 7.26. The van der Waals surface area contributed by atoms with Crippen molar-refractivity contribution in [3.05, 3.63) is 194 Å². The van der Waals surface area contributed by atoms with Gasteiger partial charge in [-0.25, -0.2) is 15.0 Å². The van der Waals surface area contributed by atoms with Gasteiger partial charge in [0.2, 0.25) is 0 Å². The van der Waals surface area contributed by atoms with E-state index in [0.29, 0.717) is 17.5 Å². The largest absolute Gasteiger partial charge is 0.309 e. The molecule has 0 amide bonds. The molecule has 5 heteroatoms. The molecular formula is C53H32N4S. The lowest BCUT2D eigenvalue weighted by Gasteiger charge is -2.11. The number of nitrogens with zero attached hydrogens (tertiary/aromatic N) is 4. The van der Waals surface area contributed by atoms with E-state index in [2.05, 4.69) is 180 Å². The highest BCUT2D eigenvalue weighted by Gasteiger charge is 2.19. The van der Waals surface area contributed by atoms with Gasteiger partial charge in [-0.15, -0.1) is 11.3 Å². The smallest absolute Gasteiger partial charge is 0.164 e. The maximum absolute atomic E-state index is 5.12. The first-order chi connectivity index (χ1) is 28.7. The summed E-state index contributed by atoms with van der Waals surface area (Å²) in [7, 11) is 0. The normalized spacial score (nSPS) is 11.8. The van der Waals surface area contributed by atoms with E-state index in [0.717, 1.165) is 27.8 Å². The molecule has 0 saturated carbocycles. The molecule has 0 N–H and O–H groups in total. The minimum Gasteiger partial charge on any atom is -0.309 e. The molecule has 0 radical (unpaired) electrons. The summed E-state index contributed by atoms with van der Waals surface area (Å²) in [5.41, 5.74) is 8.90. The summed E-state index contributed by atoms with van der Waals surface area (Å²) in [5, 5.41) is 9.86. The average molecular weight is 757 g/mol. The lowest BCUT2D eigenvalue weighted by atomic mass is 9.94. The Bertz CT molecular complexity index is 3570. The maximum atomic E-state index is 5.12. The molecule has 0 unspecified atom stereocenters. The average Bonchev–Trinajstić information content (AvgIpc) is 3.84. The number of rotatable bonds is 5. The summed E-state index contributed by atoms with van der Waals surface area (Å²) in [6.07, 6.45) is 0. The first-order valence-corrected chi connectivity index (χ1v) is 20.3. The van der Waals surface area contributed by atoms with Crippen LogP contribution >= 0.6 is 11.3 Å². The van der Waals surface area contributed by atoms with Crippen molar-refractivity contribution >= 4 is 74.9 Å². The second kappa shape index (κ2) is 13.1. The third-order valence-electron chi connectivity index (χ3n) is 11.4. The van der Waals surface area contributed by atoms with Crippen molar-refractivity contribution in [1.82, 2.24) is 19.5 Å². The van der Waals surface area contributed by atoms with E-state index < -0.39 is 0 Å². The van der Waals surface area contributed by atoms with Crippen LogP contribution < -0.4 is 0 Å². The quantitative estimate of drug-likeness (QED) is 0.176. The number of para-hydroxylation sites is 2. The Morgan fingerprint density at radius 3 is 1.76 bits per heavy atom. The van der Waals surface area contributed by atoms with Crippen molar-refractivity contribution in [3.63, 3.8) is 0 Å². The molecular weight excluding hydrogens is 725 g/mol. The van der Waals surface area contributed by atoms with Gasteiger partial charge in [0, 0.05) is 53.3 Å². The monoisotopic (exact) mass is 756 g/mol. The van der Waals surface area contributed by atoms with E-state index in [1.807, 2.05) is 29.5 Å². The zero-order chi connectivity index (χ0) is 38.2. The zero-order valence-corrected chi connectivity index (χ0v) is 32.0. The van der Waals surface area contributed by atoms with Crippen LogP contribution in [0, 0.1) is 0 Å². The SMILES string of the molecule is c1ccc(-c2nc(-c3ccc4ccccc4c3)nc(-c3ccc4c(c3)sc3cc(-c5ccc6c(c5)c5ccccc5n6-c5ccccc5)c5ccccc5c34)n2)cc1. The van der Waals surface area contributed by atoms with Gasteiger partial charge < -0.3 is 4.57 Å². The van der Waals surface area contributed by atoms with E-state index in [1.165, 1.54) is 69.3 Å². The Balaban J connectivity index is 1.02. The Kier molecular flexibility index (Phi) is 7.37. The molecule has 0 atom stereocenters. The molecule has 12 aromatic rings. The Labute approximate surface area is 338 Å². The predicted molar refractivity (Wildman–Crippen MR) is 244 cm³/mol. The van der Waals surface area contributed by atoms with Crippen LogP contribution in [0.4, 0.5) is 0 Å². The number of benzene rings is 9. The first kappa shape index (κ1) is 32.7. The van der Waals surface area contributed by atoms with E-state index in [4.69, 9.17) is 15.0 Å². The van der Waals surface area contributed by atoms with Crippen LogP contribution in [0.1, 0.15) is 0 Å². The summed E-state index contributed by atoms with van der Waals surface area (Å²) < 4.78 is 4.83. The summed E-state index contributed by atoms with van der Waals surface area (Å²) in [6.45, 7) is 0. The predicted octanol–water partition coefficient (Wildman–Crippen LogP) is 14.3. The number of fused-ring (bicyclic) bond motifs is 9. The lowest BCUT2D eigenvalue weighted by Crippen LogP contribution is -2.00. The van der Waals surface area contributed by atoms with Gasteiger partial charge in [-0.1, -0.05) is 146 Å². The molecule has 0 saturated heterocycles. The van der Waals surface area contributed by atoms with E-state index in [9.17, 15) is 0 Å². The Hall–Kier alpha value is -7.47. The highest BCUT2D eigenvalue weighted by Crippen LogP contribution is 2.45. The maximum Gasteiger partial charge on any atom is 0.164 e. The van der Waals surface area contributed by atoms with Gasteiger partial charge in [0.1, 0.15) is 0 Å². The summed E-state index contributed by atoms with van der Waals surface area (Å²) in [6, 6.07) is 69.2. The van der Waals surface area contributed by atoms with Crippen LogP contribution in [-0.4, -0.2) is 19.5 Å². The second-order valence-electron chi connectivity index (χ2n) is 14.8. The Morgan fingerprint density at radius 1 is 0.345 bits per heavy atom. The van der Waals surface area contributed by atoms with Gasteiger partial charge in [-0.2, -0.15) is 0 Å². The van der Waals surface area contributed by atoms with E-state index >= 15 is 0 Å². The molecule has 3 heterocycles. The molecule has 270 valence electrons. The Morgan fingerprint density at radius 2 is 0.948 bits per heavy atom. The first-order valence-electron chi connectivity index (χ1n) is 19.5. The van der Waals surface area contributed by atoms with Gasteiger partial charge in [0.15, 0.2) is 17.5 Å². The molecule has 9 aromatic carbocycles. The van der Waals surface area contributed by atoms with Gasteiger partial charge in [0.05, 0.1) is 11.0 Å². The summed E-state index contributed by atoms with van der Waals surface area (Å²) in [5.74, 6) is 1.97. The third-order valence-corrected chi connectivity index (χ3v) is 12.5. The van der Waals surface area contributed by atoms with Crippen LogP contribution in [0.2, 0.25) is 0 Å². The molecule has 3 aromatic heterocycles. The van der Waals surface area contributed by atoms with E-state index in [1.54, 1.807) is 0 Å². The number of aromatic nitrogens is 4. The van der Waals surface area contributed by atoms with Crippen molar-refractivity contribution in [1.29, 1.82) is 0 Å². The van der Waals surface area contributed by atoms with Gasteiger partial charge in [-0.05, 0) is 81.2 Å². The highest BCUT2D eigenvalue weighted by atomic mass is 32.1. The molecule has 58 heavy (non-hydrogen) atoms. The van der Waals surface area contributed by atoms with Gasteiger partial charge in [-0.3, -0.25) is 0 Å². The molecule has 0 bridgehead atoms. The zero-order valence-electron chi connectivity index (χ0n) is 31.2. The van der Waals surface area contributed by atoms with Crippen LogP contribution in [0.3, 0.4) is 0 Å². The fourth-order valence-electron chi connectivity index (χ4n) is 8.69. The fourth-order valence-corrected chi connectivity index (χ4v) is 9.89. The molecule has 0 aliphatic rings. The molecule has 12 rings (SSSR count). The van der Waals surface area contributed by atoms with Crippen molar-refractivity contribution in [3.8, 4) is 51.0 Å². The molecule has 0 aliphatic carbocycles. The molecule has 0 aliphatic heterocycles. The minimum absolute atomic E-state index is 0.657. The number of hydrogen-bond donors (Lipinski definition) is 0. The third kappa shape index (κ3) is 5.25. The van der Waals surface area contributed by atoms with Crippen LogP contribution in [0.5, 0.6) is 0 Å². The van der Waals surface area contributed by atoms with Crippen molar-refractivity contribution in [2.24, 2.45) is 0 Å². The fraction of sp³-hybridized carbons (Fsp3) is 0. The van der Waals surface area contributed by atoms with Crippen LogP contribution in [0.25, 0.3) is 115 Å². The topological polar surface area (TPSA) is 43.6 Å². The van der Waals surface area contributed by atoms with Crippen molar-refractivity contribution < 1.29 is 0 Å². The minimum atomic E-state index is 0.657. The second-order valence-corrected chi connectivity index (χ2v) is 15.9. The van der Waals surface area contributed by atoms with Gasteiger partial charge in [0.25, 0.3) is 0 Å². The van der Waals surface area contributed by atoms with E-state index in [-0.39, 0.29) is 0 Å². The standard InChI is InChI=1S/C53H32N4S/c1-3-14-34(15-4-1)51-54-52(37-24-23-33-13-7-8-16-35(33)29-37)56-53(55-51)38-25-27-43-48(31-38)58-49-32-44(40-19-9-10-21-42(40)50(43)49)36-26-28-47-45(30-36)41-20-11-12-22-46(41)57(47)39-17-5-2-6-18-39/h1-32H. The molecule has 4 nitrogen and oxygen atoms in total. The number of hydrogen-bond acceptors (Lipinski definition) is 4. The molecule has 0 spiro atoms. The number of thiophene rings is 1. The summed E-state index contributed by atoms with van der Waals surface area (Å²) in [4.78, 5) is 15.2.